The first-order valence-electron chi connectivity index (χ1n) is 8.26. The van der Waals surface area contributed by atoms with Crippen molar-refractivity contribution >= 4 is 0 Å². The molecule has 0 radical (unpaired) electrons. The summed E-state index contributed by atoms with van der Waals surface area (Å²) in [6.07, 6.45) is 5.02. The summed E-state index contributed by atoms with van der Waals surface area (Å²) in [5.41, 5.74) is 0.805. The molecular formula is C18H39NO. The third-order valence-corrected chi connectivity index (χ3v) is 4.04. The van der Waals surface area contributed by atoms with E-state index in [0.717, 1.165) is 5.92 Å². The van der Waals surface area contributed by atoms with Gasteiger partial charge < -0.3 is 4.84 Å². The summed E-state index contributed by atoms with van der Waals surface area (Å²) in [6, 6.07) is 0. The molecule has 3 atom stereocenters. The molecule has 0 aliphatic heterocycles. The quantitative estimate of drug-likeness (QED) is 0.604. The molecule has 2 N–H and O–H groups in total. The van der Waals surface area contributed by atoms with Crippen LogP contribution < -0.4 is 5.90 Å². The lowest BCUT2D eigenvalue weighted by Crippen LogP contribution is -2.25. The summed E-state index contributed by atoms with van der Waals surface area (Å²) in [6.45, 7) is 19.3. The van der Waals surface area contributed by atoms with Crippen molar-refractivity contribution in [2.45, 2.75) is 81.1 Å². The molecule has 0 spiro atoms. The molecule has 0 aromatic carbocycles. The molecule has 20 heavy (non-hydrogen) atoms. The molecular weight excluding hydrogens is 246 g/mol. The van der Waals surface area contributed by atoms with Crippen molar-refractivity contribution in [3.8, 4) is 0 Å². The fourth-order valence-corrected chi connectivity index (χ4v) is 3.43. The Bertz CT molecular complexity index is 249. The summed E-state index contributed by atoms with van der Waals surface area (Å²) in [7, 11) is 0. The van der Waals surface area contributed by atoms with Crippen LogP contribution in [0.1, 0.15) is 81.1 Å². The second-order valence-corrected chi connectivity index (χ2v) is 9.28. The van der Waals surface area contributed by atoms with Gasteiger partial charge in [0.15, 0.2) is 0 Å². The highest BCUT2D eigenvalue weighted by atomic mass is 16.6. The molecule has 2 heteroatoms. The van der Waals surface area contributed by atoms with E-state index in [9.17, 15) is 0 Å². The number of rotatable bonds is 8. The third-order valence-electron chi connectivity index (χ3n) is 4.04. The standard InChI is InChI=1S/C18H39NO/c1-14(11-17(3,4)5)9-10-16(13-20-19)15(2)12-18(6,7)8/h14-16H,9-13,19H2,1-8H3. The maximum absolute atomic E-state index is 5.34. The summed E-state index contributed by atoms with van der Waals surface area (Å²) in [5.74, 6) is 7.37. The minimum Gasteiger partial charge on any atom is -0.304 e. The predicted molar refractivity (Wildman–Crippen MR) is 89.3 cm³/mol. The maximum Gasteiger partial charge on any atom is 0.0709 e. The van der Waals surface area contributed by atoms with Crippen molar-refractivity contribution in [2.24, 2.45) is 34.5 Å². The highest BCUT2D eigenvalue weighted by molar-refractivity contribution is 4.74. The van der Waals surface area contributed by atoms with Gasteiger partial charge in [0.25, 0.3) is 0 Å². The second-order valence-electron chi connectivity index (χ2n) is 9.28. The first kappa shape index (κ1) is 19.9. The molecule has 0 aliphatic rings. The fourth-order valence-electron chi connectivity index (χ4n) is 3.43. The van der Waals surface area contributed by atoms with Crippen LogP contribution in [0.15, 0.2) is 0 Å². The van der Waals surface area contributed by atoms with Gasteiger partial charge in [0.05, 0.1) is 6.61 Å². The summed E-state index contributed by atoms with van der Waals surface area (Å²) >= 11 is 0. The van der Waals surface area contributed by atoms with Gasteiger partial charge in [0.2, 0.25) is 0 Å². The molecule has 0 aromatic rings. The lowest BCUT2D eigenvalue weighted by molar-refractivity contribution is 0.0630. The molecule has 0 aliphatic carbocycles. The Morgan fingerprint density at radius 1 is 0.850 bits per heavy atom. The Morgan fingerprint density at radius 3 is 1.75 bits per heavy atom. The van der Waals surface area contributed by atoms with E-state index < -0.39 is 0 Å². The van der Waals surface area contributed by atoms with Crippen LogP contribution in [0.5, 0.6) is 0 Å². The summed E-state index contributed by atoms with van der Waals surface area (Å²) in [4.78, 5) is 4.97. The summed E-state index contributed by atoms with van der Waals surface area (Å²) in [5, 5.41) is 0. The minimum absolute atomic E-state index is 0.378. The van der Waals surface area contributed by atoms with Crippen LogP contribution in [0.2, 0.25) is 0 Å². The Hall–Kier alpha value is -0.0800. The number of hydrogen-bond acceptors (Lipinski definition) is 2. The van der Waals surface area contributed by atoms with Crippen LogP contribution in [0.3, 0.4) is 0 Å². The van der Waals surface area contributed by atoms with Gasteiger partial charge in [-0.05, 0) is 47.8 Å². The third kappa shape index (κ3) is 10.7. The van der Waals surface area contributed by atoms with Crippen molar-refractivity contribution in [1.29, 1.82) is 0 Å². The maximum atomic E-state index is 5.34. The normalized spacial score (nSPS) is 17.9. The van der Waals surface area contributed by atoms with Crippen LogP contribution in [0, 0.1) is 28.6 Å². The lowest BCUT2D eigenvalue weighted by Gasteiger charge is -2.30. The largest absolute Gasteiger partial charge is 0.304 e. The average molecular weight is 286 g/mol. The van der Waals surface area contributed by atoms with Gasteiger partial charge in [-0.25, -0.2) is 5.90 Å². The van der Waals surface area contributed by atoms with E-state index in [1.54, 1.807) is 0 Å². The van der Waals surface area contributed by atoms with Gasteiger partial charge in [-0.3, -0.25) is 0 Å². The molecule has 0 heterocycles. The zero-order chi connectivity index (χ0) is 16.0. The van der Waals surface area contributed by atoms with E-state index in [1.165, 1.54) is 25.7 Å². The Labute approximate surface area is 127 Å². The first-order valence-corrected chi connectivity index (χ1v) is 8.26. The number of hydrogen-bond donors (Lipinski definition) is 1. The highest BCUT2D eigenvalue weighted by Gasteiger charge is 2.24. The molecule has 0 rings (SSSR count). The molecule has 0 saturated carbocycles. The van der Waals surface area contributed by atoms with E-state index in [1.807, 2.05) is 0 Å². The first-order chi connectivity index (χ1) is 8.94. The van der Waals surface area contributed by atoms with E-state index in [0.29, 0.717) is 29.3 Å². The van der Waals surface area contributed by atoms with Gasteiger partial charge in [0, 0.05) is 0 Å². The summed E-state index contributed by atoms with van der Waals surface area (Å²) < 4.78 is 0. The molecule has 2 nitrogen and oxygen atoms in total. The van der Waals surface area contributed by atoms with Crippen LogP contribution in [-0.4, -0.2) is 6.61 Å². The second kappa shape index (κ2) is 8.38. The molecule has 122 valence electrons. The van der Waals surface area contributed by atoms with Crippen LogP contribution in [0.4, 0.5) is 0 Å². The predicted octanol–water partition coefficient (Wildman–Crippen LogP) is 5.42. The minimum atomic E-state index is 0.378. The molecule has 0 amide bonds. The Kier molecular flexibility index (Phi) is 8.35. The SMILES string of the molecule is CC(CCC(CON)C(C)CC(C)(C)C)CC(C)(C)C. The lowest BCUT2D eigenvalue weighted by atomic mass is 9.76. The van der Waals surface area contributed by atoms with Crippen molar-refractivity contribution in [3.63, 3.8) is 0 Å². The van der Waals surface area contributed by atoms with Crippen molar-refractivity contribution in [1.82, 2.24) is 0 Å². The van der Waals surface area contributed by atoms with Crippen molar-refractivity contribution in [2.75, 3.05) is 6.61 Å². The zero-order valence-electron chi connectivity index (χ0n) is 15.3. The van der Waals surface area contributed by atoms with Crippen LogP contribution in [-0.2, 0) is 4.84 Å². The zero-order valence-corrected chi connectivity index (χ0v) is 15.3. The van der Waals surface area contributed by atoms with E-state index in [4.69, 9.17) is 10.7 Å². The topological polar surface area (TPSA) is 35.2 Å². The molecule has 3 unspecified atom stereocenters. The molecule has 0 saturated heterocycles. The van der Waals surface area contributed by atoms with Crippen LogP contribution >= 0.6 is 0 Å². The fraction of sp³-hybridized carbons (Fsp3) is 1.00. The molecule has 0 bridgehead atoms. The van der Waals surface area contributed by atoms with Gasteiger partial charge in [0.1, 0.15) is 0 Å². The van der Waals surface area contributed by atoms with Gasteiger partial charge in [-0.15, -0.1) is 0 Å². The van der Waals surface area contributed by atoms with E-state index >= 15 is 0 Å². The van der Waals surface area contributed by atoms with Gasteiger partial charge >= 0.3 is 0 Å². The smallest absolute Gasteiger partial charge is 0.0709 e. The highest BCUT2D eigenvalue weighted by Crippen LogP contribution is 2.33. The van der Waals surface area contributed by atoms with Crippen LogP contribution in [0.25, 0.3) is 0 Å². The average Bonchev–Trinajstić information content (AvgIpc) is 2.18. The Morgan fingerprint density at radius 2 is 1.35 bits per heavy atom. The van der Waals surface area contributed by atoms with E-state index in [-0.39, 0.29) is 0 Å². The van der Waals surface area contributed by atoms with E-state index in [2.05, 4.69) is 55.4 Å². The molecule has 0 aromatic heterocycles. The molecule has 0 fully saturated rings. The van der Waals surface area contributed by atoms with Gasteiger partial charge in [-0.2, -0.15) is 0 Å². The number of nitrogens with two attached hydrogens (primary N) is 1. The van der Waals surface area contributed by atoms with Gasteiger partial charge in [-0.1, -0.05) is 61.8 Å². The monoisotopic (exact) mass is 285 g/mol. The van der Waals surface area contributed by atoms with Crippen molar-refractivity contribution in [3.05, 3.63) is 0 Å². The Balaban J connectivity index is 4.33. The van der Waals surface area contributed by atoms with Crippen molar-refractivity contribution < 1.29 is 4.84 Å².